The molecule has 0 amide bonds. The summed E-state index contributed by atoms with van der Waals surface area (Å²) in [5.74, 6) is 0.0344. The number of fused-ring (bicyclic) bond motifs is 1. The molecule has 5 unspecified atom stereocenters. The van der Waals surface area contributed by atoms with Crippen LogP contribution in [0.2, 0.25) is 0 Å². The smallest absolute Gasteiger partial charge is 0.379 e. The average molecular weight is 231 g/mol. The molecule has 0 spiro atoms. The molecule has 0 bridgehead atoms. The third-order valence-electron chi connectivity index (χ3n) is 2.88. The first kappa shape index (κ1) is 11.6. The van der Waals surface area contributed by atoms with Gasteiger partial charge in [-0.25, -0.2) is 9.24 Å². The normalized spacial score (nSPS) is 50.7. The standard InChI is InChI=1S/C8H15BNO4P/c1-5-7-6(13-8(5)9)4-12-15(11,14-7)10(2)3/h5-8H,4H2,1-3H3. The van der Waals surface area contributed by atoms with Gasteiger partial charge in [0.05, 0.1) is 6.61 Å². The van der Waals surface area contributed by atoms with E-state index in [1.165, 1.54) is 4.67 Å². The van der Waals surface area contributed by atoms with Gasteiger partial charge in [0.25, 0.3) is 0 Å². The van der Waals surface area contributed by atoms with Crippen molar-refractivity contribution in [2.45, 2.75) is 25.1 Å². The van der Waals surface area contributed by atoms with Crippen molar-refractivity contribution in [1.82, 2.24) is 4.67 Å². The molecule has 0 aromatic carbocycles. The summed E-state index contributed by atoms with van der Waals surface area (Å²) in [5.41, 5.74) is 0. The van der Waals surface area contributed by atoms with Crippen molar-refractivity contribution in [3.63, 3.8) is 0 Å². The van der Waals surface area contributed by atoms with Crippen LogP contribution in [0.5, 0.6) is 0 Å². The second kappa shape index (κ2) is 3.86. The summed E-state index contributed by atoms with van der Waals surface area (Å²) < 4.78 is 29.7. The Labute approximate surface area is 91.1 Å². The van der Waals surface area contributed by atoms with E-state index in [9.17, 15) is 4.57 Å². The lowest BCUT2D eigenvalue weighted by atomic mass is 9.86. The molecule has 2 saturated heterocycles. The Bertz CT molecular complexity index is 300. The summed E-state index contributed by atoms with van der Waals surface area (Å²) in [6.45, 7) is 2.21. The van der Waals surface area contributed by atoms with Crippen molar-refractivity contribution < 1.29 is 18.3 Å². The molecule has 0 saturated carbocycles. The van der Waals surface area contributed by atoms with E-state index in [1.54, 1.807) is 14.1 Å². The molecular weight excluding hydrogens is 216 g/mol. The van der Waals surface area contributed by atoms with Gasteiger partial charge in [-0.3, -0.25) is 9.05 Å². The number of rotatable bonds is 1. The largest absolute Gasteiger partial charge is 0.408 e. The van der Waals surface area contributed by atoms with Crippen LogP contribution in [0, 0.1) is 5.92 Å². The van der Waals surface area contributed by atoms with Crippen molar-refractivity contribution in [2.75, 3.05) is 20.7 Å². The van der Waals surface area contributed by atoms with Gasteiger partial charge in [0.2, 0.25) is 0 Å². The van der Waals surface area contributed by atoms with Gasteiger partial charge in [0.15, 0.2) is 0 Å². The Morgan fingerprint density at radius 3 is 2.73 bits per heavy atom. The van der Waals surface area contributed by atoms with Crippen LogP contribution in [-0.2, 0) is 18.3 Å². The van der Waals surface area contributed by atoms with E-state index in [4.69, 9.17) is 21.6 Å². The molecule has 0 N–H and O–H groups in total. The van der Waals surface area contributed by atoms with Gasteiger partial charge in [-0.15, -0.1) is 0 Å². The lowest BCUT2D eigenvalue weighted by molar-refractivity contribution is -0.0365. The molecule has 2 rings (SSSR count). The number of hydrogen-bond acceptors (Lipinski definition) is 4. The van der Waals surface area contributed by atoms with Crippen molar-refractivity contribution in [2.24, 2.45) is 5.92 Å². The highest BCUT2D eigenvalue weighted by Crippen LogP contribution is 2.56. The predicted octanol–water partition coefficient (Wildman–Crippen LogP) is 0.601. The topological polar surface area (TPSA) is 48.0 Å². The molecule has 0 aromatic heterocycles. The van der Waals surface area contributed by atoms with E-state index >= 15 is 0 Å². The second-order valence-electron chi connectivity index (χ2n) is 4.18. The van der Waals surface area contributed by atoms with Crippen LogP contribution in [0.25, 0.3) is 0 Å². The number of ether oxygens (including phenoxy) is 1. The fourth-order valence-corrected chi connectivity index (χ4v) is 3.24. The van der Waals surface area contributed by atoms with E-state index in [1.807, 2.05) is 6.92 Å². The SMILES string of the molecule is [B]C1OC2COP(=O)(N(C)C)OC2C1C. The zero-order valence-electron chi connectivity index (χ0n) is 9.12. The molecule has 5 atom stereocenters. The van der Waals surface area contributed by atoms with E-state index in [0.717, 1.165) is 0 Å². The maximum absolute atomic E-state index is 12.1. The van der Waals surface area contributed by atoms with Crippen LogP contribution in [0.4, 0.5) is 0 Å². The van der Waals surface area contributed by atoms with Crippen LogP contribution in [-0.4, -0.2) is 51.4 Å². The molecule has 84 valence electrons. The molecule has 7 heteroatoms. The first-order chi connectivity index (χ1) is 6.94. The third-order valence-corrected chi connectivity index (χ3v) is 4.85. The van der Waals surface area contributed by atoms with E-state index in [-0.39, 0.29) is 30.7 Å². The van der Waals surface area contributed by atoms with Gasteiger partial charge in [0.1, 0.15) is 20.1 Å². The van der Waals surface area contributed by atoms with Gasteiger partial charge >= 0.3 is 7.75 Å². The summed E-state index contributed by atoms with van der Waals surface area (Å²) in [7, 11) is 5.96. The zero-order valence-corrected chi connectivity index (χ0v) is 10.0. The molecule has 15 heavy (non-hydrogen) atoms. The highest BCUT2D eigenvalue weighted by Gasteiger charge is 2.49. The molecule has 0 aromatic rings. The van der Waals surface area contributed by atoms with Crippen LogP contribution >= 0.6 is 7.75 Å². The maximum Gasteiger partial charge on any atom is 0.408 e. The quantitative estimate of drug-likeness (QED) is 0.488. The number of nitrogens with zero attached hydrogens (tertiary/aromatic N) is 1. The van der Waals surface area contributed by atoms with Crippen LogP contribution in [0.15, 0.2) is 0 Å². The lowest BCUT2D eigenvalue weighted by Gasteiger charge is -2.35. The Kier molecular flexibility index (Phi) is 2.99. The van der Waals surface area contributed by atoms with Crippen molar-refractivity contribution >= 4 is 15.6 Å². The summed E-state index contributed by atoms with van der Waals surface area (Å²) in [5, 5.41) is 0. The predicted molar refractivity (Wildman–Crippen MR) is 55.7 cm³/mol. The second-order valence-corrected chi connectivity index (χ2v) is 6.39. The third kappa shape index (κ3) is 1.90. The molecule has 2 fully saturated rings. The molecule has 0 aliphatic carbocycles. The highest BCUT2D eigenvalue weighted by molar-refractivity contribution is 7.51. The van der Waals surface area contributed by atoms with Gasteiger partial charge in [-0.1, -0.05) is 6.92 Å². The summed E-state index contributed by atoms with van der Waals surface area (Å²) in [6.07, 6.45) is -0.431. The molecule has 5 nitrogen and oxygen atoms in total. The monoisotopic (exact) mass is 231 g/mol. The minimum atomic E-state index is -3.12. The van der Waals surface area contributed by atoms with Crippen molar-refractivity contribution in [3.05, 3.63) is 0 Å². The Morgan fingerprint density at radius 2 is 2.13 bits per heavy atom. The lowest BCUT2D eigenvalue weighted by Crippen LogP contribution is -2.38. The minimum absolute atomic E-state index is 0.0344. The van der Waals surface area contributed by atoms with Crippen molar-refractivity contribution in [3.8, 4) is 0 Å². The van der Waals surface area contributed by atoms with Gasteiger partial charge < -0.3 is 4.74 Å². The Balaban J connectivity index is 2.14. The molecule has 2 heterocycles. The zero-order chi connectivity index (χ0) is 11.2. The van der Waals surface area contributed by atoms with Crippen molar-refractivity contribution in [1.29, 1.82) is 0 Å². The molecule has 2 aliphatic rings. The van der Waals surface area contributed by atoms with Crippen LogP contribution < -0.4 is 0 Å². The number of hydrogen-bond donors (Lipinski definition) is 0. The summed E-state index contributed by atoms with van der Waals surface area (Å²) in [6, 6.07) is -0.364. The van der Waals surface area contributed by atoms with Gasteiger partial charge in [0, 0.05) is 11.9 Å². The molecular formula is C8H15BNO4P. The average Bonchev–Trinajstić information content (AvgIpc) is 2.44. The first-order valence-corrected chi connectivity index (χ1v) is 6.45. The minimum Gasteiger partial charge on any atom is -0.379 e. The molecule has 2 aliphatic heterocycles. The first-order valence-electron chi connectivity index (χ1n) is 4.96. The fraction of sp³-hybridized carbons (Fsp3) is 1.00. The van der Waals surface area contributed by atoms with Crippen LogP contribution in [0.3, 0.4) is 0 Å². The highest BCUT2D eigenvalue weighted by atomic mass is 31.2. The maximum atomic E-state index is 12.1. The Hall–Kier alpha value is 0.135. The fourth-order valence-electron chi connectivity index (χ4n) is 1.79. The summed E-state index contributed by atoms with van der Waals surface area (Å²) >= 11 is 0. The molecule has 2 radical (unpaired) electrons. The van der Waals surface area contributed by atoms with E-state index in [2.05, 4.69) is 0 Å². The van der Waals surface area contributed by atoms with Gasteiger partial charge in [-0.05, 0) is 14.1 Å². The summed E-state index contributed by atoms with van der Waals surface area (Å²) in [4.78, 5) is 0. The van der Waals surface area contributed by atoms with E-state index in [0.29, 0.717) is 0 Å². The Morgan fingerprint density at radius 1 is 1.47 bits per heavy atom. The van der Waals surface area contributed by atoms with Crippen LogP contribution in [0.1, 0.15) is 6.92 Å². The van der Waals surface area contributed by atoms with Gasteiger partial charge in [-0.2, -0.15) is 0 Å². The van der Waals surface area contributed by atoms with E-state index < -0.39 is 7.75 Å².